The highest BCUT2D eigenvalue weighted by atomic mass is 16.5. The lowest BCUT2D eigenvalue weighted by Crippen LogP contribution is -2.42. The summed E-state index contributed by atoms with van der Waals surface area (Å²) in [5.74, 6) is 1.70. The molecule has 2 heterocycles. The molecule has 0 saturated carbocycles. The number of carbonyl (C=O) groups is 2. The van der Waals surface area contributed by atoms with Crippen LogP contribution in [0.15, 0.2) is 16.5 Å². The van der Waals surface area contributed by atoms with Gasteiger partial charge in [-0.3, -0.25) is 9.59 Å². The average molecular weight is 460 g/mol. The van der Waals surface area contributed by atoms with Gasteiger partial charge in [0, 0.05) is 18.4 Å². The van der Waals surface area contributed by atoms with Crippen molar-refractivity contribution < 1.29 is 28.2 Å². The van der Waals surface area contributed by atoms with Gasteiger partial charge in [-0.2, -0.15) is 0 Å². The van der Waals surface area contributed by atoms with E-state index in [1.165, 1.54) is 0 Å². The predicted octanol–water partition coefficient (Wildman–Crippen LogP) is 3.55. The van der Waals surface area contributed by atoms with E-state index in [-0.39, 0.29) is 11.8 Å². The number of ether oxygens (including phenoxy) is 3. The summed E-state index contributed by atoms with van der Waals surface area (Å²) in [5.41, 5.74) is 0.277. The largest absolute Gasteiger partial charge is 0.493 e. The first kappa shape index (κ1) is 24.5. The molecule has 180 valence electrons. The maximum absolute atomic E-state index is 12.9. The minimum atomic E-state index is -0.690. The first-order valence-corrected chi connectivity index (χ1v) is 11.2. The summed E-state index contributed by atoms with van der Waals surface area (Å²) in [7, 11) is 4.71. The van der Waals surface area contributed by atoms with E-state index in [4.69, 9.17) is 18.6 Å². The quantitative estimate of drug-likeness (QED) is 0.497. The molecule has 1 amide bonds. The molecule has 0 aliphatic carbocycles. The number of methoxy groups -OCH3 is 3. The Hall–Kier alpha value is -3.10. The normalized spacial score (nSPS) is 16.1. The highest BCUT2D eigenvalue weighted by Crippen LogP contribution is 2.38. The van der Waals surface area contributed by atoms with E-state index in [2.05, 4.69) is 10.2 Å². The Morgan fingerprint density at radius 3 is 2.33 bits per heavy atom. The fraction of sp³-hybridized carbons (Fsp3) is 0.583. The van der Waals surface area contributed by atoms with Gasteiger partial charge in [0.25, 0.3) is 5.91 Å². The van der Waals surface area contributed by atoms with Crippen LogP contribution in [0.5, 0.6) is 17.2 Å². The summed E-state index contributed by atoms with van der Waals surface area (Å²) >= 11 is 0. The molecule has 1 saturated heterocycles. The van der Waals surface area contributed by atoms with Crippen LogP contribution in [-0.4, -0.2) is 54.7 Å². The van der Waals surface area contributed by atoms with Crippen LogP contribution in [0.3, 0.4) is 0 Å². The van der Waals surface area contributed by atoms with Gasteiger partial charge in [-0.1, -0.05) is 20.8 Å². The van der Waals surface area contributed by atoms with Crippen molar-refractivity contribution in [3.63, 3.8) is 0 Å². The molecule has 1 fully saturated rings. The van der Waals surface area contributed by atoms with Gasteiger partial charge >= 0.3 is 0 Å². The lowest BCUT2D eigenvalue weighted by Gasteiger charge is -2.26. The van der Waals surface area contributed by atoms with Crippen LogP contribution in [-0.2, 0) is 22.4 Å². The van der Waals surface area contributed by atoms with Crippen molar-refractivity contribution >= 4 is 11.7 Å². The number of Topliss-reactive ketones (excluding diaryl/α,β-unsaturated/α-hetero) is 1. The van der Waals surface area contributed by atoms with Crippen LogP contribution in [0.1, 0.15) is 63.4 Å². The van der Waals surface area contributed by atoms with Gasteiger partial charge in [-0.25, -0.2) is 0 Å². The van der Waals surface area contributed by atoms with E-state index < -0.39 is 11.3 Å². The first-order valence-electron chi connectivity index (χ1n) is 11.2. The van der Waals surface area contributed by atoms with Gasteiger partial charge in [0.15, 0.2) is 11.5 Å². The number of hydrogen-bond acceptors (Lipinski definition) is 8. The predicted molar refractivity (Wildman–Crippen MR) is 121 cm³/mol. The highest BCUT2D eigenvalue weighted by molar-refractivity contribution is 6.38. The molecule has 1 aromatic heterocycles. The summed E-state index contributed by atoms with van der Waals surface area (Å²) in [6.45, 7) is 6.02. The minimum Gasteiger partial charge on any atom is -0.493 e. The molecule has 33 heavy (non-hydrogen) atoms. The third-order valence-electron chi connectivity index (χ3n) is 6.33. The number of ketones is 1. The third-order valence-corrected chi connectivity index (χ3v) is 6.33. The topological polar surface area (TPSA) is 104 Å². The Labute approximate surface area is 194 Å². The molecule has 1 aromatic carbocycles. The van der Waals surface area contributed by atoms with Crippen molar-refractivity contribution in [2.75, 3.05) is 27.9 Å². The van der Waals surface area contributed by atoms with Crippen LogP contribution in [0.2, 0.25) is 0 Å². The zero-order chi connectivity index (χ0) is 24.2. The van der Waals surface area contributed by atoms with Crippen LogP contribution < -0.4 is 14.2 Å². The number of aryl methyl sites for hydroxylation is 2. The van der Waals surface area contributed by atoms with Crippen LogP contribution >= 0.6 is 0 Å². The Morgan fingerprint density at radius 1 is 1.09 bits per heavy atom. The molecule has 3 rings (SSSR count). The summed E-state index contributed by atoms with van der Waals surface area (Å²) in [6, 6.07) is 3.41. The average Bonchev–Trinajstić information content (AvgIpc) is 3.50. The molecule has 0 bridgehead atoms. The molecular formula is C24H33N3O6. The molecule has 0 N–H and O–H groups in total. The second kappa shape index (κ2) is 10.2. The monoisotopic (exact) mass is 459 g/mol. The molecule has 1 aliphatic heterocycles. The van der Waals surface area contributed by atoms with Gasteiger partial charge in [-0.15, -0.1) is 10.2 Å². The SMILES string of the molecule is CCC(C)(C)C(=O)C(=O)N1CCCC1c1nnc(CCc2cc(OC)c(OC)c(OC)c2)o1. The van der Waals surface area contributed by atoms with E-state index in [1.54, 1.807) is 40.1 Å². The van der Waals surface area contributed by atoms with E-state index in [1.807, 2.05) is 19.1 Å². The third kappa shape index (κ3) is 5.12. The molecule has 9 heteroatoms. The maximum atomic E-state index is 12.9. The van der Waals surface area contributed by atoms with Crippen LogP contribution in [0, 0.1) is 5.41 Å². The number of nitrogens with zero attached hydrogens (tertiary/aromatic N) is 3. The Balaban J connectivity index is 1.71. The molecule has 1 atom stereocenters. The Bertz CT molecular complexity index is 975. The number of carbonyl (C=O) groups excluding carboxylic acids is 2. The maximum Gasteiger partial charge on any atom is 0.291 e. The van der Waals surface area contributed by atoms with Gasteiger partial charge < -0.3 is 23.5 Å². The second-order valence-electron chi connectivity index (χ2n) is 8.79. The van der Waals surface area contributed by atoms with Crippen LogP contribution in [0.25, 0.3) is 0 Å². The summed E-state index contributed by atoms with van der Waals surface area (Å²) in [5, 5.41) is 8.36. The van der Waals surface area contributed by atoms with Crippen molar-refractivity contribution in [2.45, 2.75) is 58.9 Å². The zero-order valence-corrected chi connectivity index (χ0v) is 20.3. The van der Waals surface area contributed by atoms with E-state index >= 15 is 0 Å². The summed E-state index contributed by atoms with van der Waals surface area (Å²) in [6.07, 6.45) is 3.21. The van der Waals surface area contributed by atoms with Crippen molar-refractivity contribution in [1.29, 1.82) is 0 Å². The van der Waals surface area contributed by atoms with Gasteiger partial charge in [-0.05, 0) is 43.4 Å². The molecule has 0 spiro atoms. The number of amides is 1. The minimum absolute atomic E-state index is 0.364. The number of likely N-dealkylation sites (tertiary alicyclic amines) is 1. The van der Waals surface area contributed by atoms with Crippen molar-refractivity contribution in [1.82, 2.24) is 15.1 Å². The lowest BCUT2D eigenvalue weighted by atomic mass is 9.84. The molecule has 0 radical (unpaired) electrons. The second-order valence-corrected chi connectivity index (χ2v) is 8.79. The molecule has 1 unspecified atom stereocenters. The molecular weight excluding hydrogens is 426 g/mol. The molecule has 9 nitrogen and oxygen atoms in total. The summed E-state index contributed by atoms with van der Waals surface area (Å²) in [4.78, 5) is 27.1. The van der Waals surface area contributed by atoms with Crippen molar-refractivity contribution in [3.8, 4) is 17.2 Å². The molecule has 1 aliphatic rings. The highest BCUT2D eigenvalue weighted by Gasteiger charge is 2.40. The zero-order valence-electron chi connectivity index (χ0n) is 20.3. The fourth-order valence-corrected chi connectivity index (χ4v) is 3.88. The summed E-state index contributed by atoms with van der Waals surface area (Å²) < 4.78 is 22.1. The van der Waals surface area contributed by atoms with E-state index in [0.29, 0.717) is 61.3 Å². The first-order chi connectivity index (χ1) is 15.7. The van der Waals surface area contributed by atoms with E-state index in [9.17, 15) is 9.59 Å². The molecule has 2 aromatic rings. The number of hydrogen-bond donors (Lipinski definition) is 0. The number of rotatable bonds is 10. The Kier molecular flexibility index (Phi) is 7.61. The van der Waals surface area contributed by atoms with Gasteiger partial charge in [0.1, 0.15) is 6.04 Å². The van der Waals surface area contributed by atoms with Gasteiger partial charge in [0.05, 0.1) is 21.3 Å². The van der Waals surface area contributed by atoms with E-state index in [0.717, 1.165) is 12.0 Å². The number of benzene rings is 1. The van der Waals surface area contributed by atoms with Crippen LogP contribution in [0.4, 0.5) is 0 Å². The number of aromatic nitrogens is 2. The van der Waals surface area contributed by atoms with Gasteiger partial charge in [0.2, 0.25) is 23.3 Å². The lowest BCUT2D eigenvalue weighted by molar-refractivity contribution is -0.150. The fourth-order valence-electron chi connectivity index (χ4n) is 3.88. The smallest absolute Gasteiger partial charge is 0.291 e. The van der Waals surface area contributed by atoms with Crippen molar-refractivity contribution in [3.05, 3.63) is 29.5 Å². The Morgan fingerprint density at radius 2 is 1.76 bits per heavy atom. The van der Waals surface area contributed by atoms with Crippen molar-refractivity contribution in [2.24, 2.45) is 5.41 Å². The standard InChI is InChI=1S/C24H33N3O6/c1-7-24(2,3)21(28)23(29)27-12-8-9-16(27)22-26-25-19(33-22)11-10-15-13-17(30-4)20(32-6)18(14-15)31-5/h13-14,16H,7-12H2,1-6H3.